The van der Waals surface area contributed by atoms with Crippen LogP contribution in [0.1, 0.15) is 16.9 Å². The van der Waals surface area contributed by atoms with Gasteiger partial charge in [-0.1, -0.05) is 12.1 Å². The Kier molecular flexibility index (Phi) is 7.11. The summed E-state index contributed by atoms with van der Waals surface area (Å²) in [6.07, 6.45) is 4.42. The van der Waals surface area contributed by atoms with Crippen LogP contribution in [0.2, 0.25) is 0 Å². The molecule has 4 N–H and O–H groups in total. The number of alkyl halides is 1. The molecule has 0 bridgehead atoms. The molecule has 6 aromatic rings. The number of rotatable bonds is 7. The minimum Gasteiger partial charge on any atom is -0.364 e. The van der Waals surface area contributed by atoms with Crippen molar-refractivity contribution in [2.45, 2.75) is 25.2 Å². The number of aromatic amines is 1. The maximum atomic E-state index is 14.7. The number of primary amides is 1. The average molecular weight is 623 g/mol. The van der Waals surface area contributed by atoms with Crippen molar-refractivity contribution in [3.05, 3.63) is 84.8 Å². The summed E-state index contributed by atoms with van der Waals surface area (Å²) >= 11 is 0. The Bertz CT molecular complexity index is 2150. The molecule has 0 saturated carbocycles. The second kappa shape index (κ2) is 11.4. The highest BCUT2D eigenvalue weighted by Crippen LogP contribution is 2.30. The van der Waals surface area contributed by atoms with Crippen LogP contribution >= 0.6 is 0 Å². The van der Waals surface area contributed by atoms with Crippen molar-refractivity contribution in [2.24, 2.45) is 5.73 Å². The number of nitrogens with one attached hydrogen (secondary N) is 2. The molecule has 1 fully saturated rings. The zero-order valence-corrected chi connectivity index (χ0v) is 23.9. The molecule has 46 heavy (non-hydrogen) atoms. The number of aromatic nitrogens is 7. The zero-order chi connectivity index (χ0) is 31.9. The number of nitrogens with two attached hydrogens (primary N) is 1. The molecule has 2 atom stereocenters. The normalized spacial score (nSPS) is 16.3. The average Bonchev–Trinajstić information content (AvgIpc) is 3.77. The van der Waals surface area contributed by atoms with E-state index in [1.54, 1.807) is 54.9 Å². The lowest BCUT2D eigenvalue weighted by molar-refractivity contribution is -0.137. The van der Waals surface area contributed by atoms with Gasteiger partial charge in [0.1, 0.15) is 24.6 Å². The van der Waals surface area contributed by atoms with Gasteiger partial charge in [-0.3, -0.25) is 24.4 Å². The van der Waals surface area contributed by atoms with Crippen LogP contribution in [0.4, 0.5) is 14.7 Å². The van der Waals surface area contributed by atoms with E-state index >= 15 is 0 Å². The van der Waals surface area contributed by atoms with Crippen molar-refractivity contribution >= 4 is 45.5 Å². The van der Waals surface area contributed by atoms with Gasteiger partial charge in [-0.2, -0.15) is 15.3 Å². The summed E-state index contributed by atoms with van der Waals surface area (Å²) in [5, 5.41) is 15.2. The van der Waals surface area contributed by atoms with Gasteiger partial charge in [-0.15, -0.1) is 0 Å². The van der Waals surface area contributed by atoms with E-state index in [0.717, 1.165) is 16.0 Å². The van der Waals surface area contributed by atoms with Gasteiger partial charge in [0.15, 0.2) is 5.69 Å². The maximum absolute atomic E-state index is 14.7. The fourth-order valence-corrected chi connectivity index (χ4v) is 5.76. The summed E-state index contributed by atoms with van der Waals surface area (Å²) in [5.41, 5.74) is 8.88. The molecule has 13 nitrogen and oxygen atoms in total. The molecule has 1 aliphatic rings. The number of hydrogen-bond donors (Lipinski definition) is 3. The molecule has 2 unspecified atom stereocenters. The number of likely N-dealkylation sites (tertiary alicyclic amines) is 1. The molecular formula is C31H24F2N10O3. The summed E-state index contributed by atoms with van der Waals surface area (Å²) in [7, 11) is 0. The second-order valence-electron chi connectivity index (χ2n) is 10.7. The minimum absolute atomic E-state index is 0.0436. The van der Waals surface area contributed by atoms with Gasteiger partial charge in [0.2, 0.25) is 17.8 Å². The smallest absolute Gasteiger partial charge is 0.269 e. The van der Waals surface area contributed by atoms with Crippen LogP contribution in [0.3, 0.4) is 0 Å². The number of fused-ring (bicyclic) bond motifs is 2. The Labute approximate surface area is 258 Å². The number of H-pyrrole nitrogens is 1. The van der Waals surface area contributed by atoms with Crippen LogP contribution in [0.5, 0.6) is 0 Å². The van der Waals surface area contributed by atoms with Crippen molar-refractivity contribution < 1.29 is 23.2 Å². The van der Waals surface area contributed by atoms with E-state index in [9.17, 15) is 23.2 Å². The lowest BCUT2D eigenvalue weighted by Crippen LogP contribution is -2.44. The summed E-state index contributed by atoms with van der Waals surface area (Å²) in [6.45, 7) is -0.692. The molecule has 1 aliphatic heterocycles. The number of hydrogen-bond acceptors (Lipinski definition) is 8. The molecule has 2 aromatic carbocycles. The maximum Gasteiger partial charge on any atom is 0.269 e. The van der Waals surface area contributed by atoms with E-state index < -0.39 is 35.8 Å². The molecule has 15 heteroatoms. The zero-order valence-electron chi connectivity index (χ0n) is 23.9. The Morgan fingerprint density at radius 2 is 1.93 bits per heavy atom. The minimum atomic E-state index is -1.45. The first kappa shape index (κ1) is 28.6. The van der Waals surface area contributed by atoms with E-state index in [1.165, 1.54) is 23.1 Å². The van der Waals surface area contributed by atoms with Gasteiger partial charge in [0.25, 0.3) is 5.91 Å². The van der Waals surface area contributed by atoms with Gasteiger partial charge in [-0.05, 0) is 42.0 Å². The van der Waals surface area contributed by atoms with Crippen molar-refractivity contribution in [1.82, 2.24) is 39.8 Å². The highest BCUT2D eigenvalue weighted by molar-refractivity contribution is 6.05. The quantitative estimate of drug-likeness (QED) is 0.243. The van der Waals surface area contributed by atoms with E-state index in [-0.39, 0.29) is 31.2 Å². The van der Waals surface area contributed by atoms with Crippen LogP contribution < -0.4 is 11.1 Å². The molecule has 3 amide bonds. The van der Waals surface area contributed by atoms with Crippen LogP contribution in [-0.2, 0) is 16.1 Å². The molecule has 7 rings (SSSR count). The first-order chi connectivity index (χ1) is 22.3. The lowest BCUT2D eigenvalue weighted by atomic mass is 10.0. The van der Waals surface area contributed by atoms with Gasteiger partial charge < -0.3 is 15.6 Å². The SMILES string of the molecule is NC(=O)c1nn(CC(=O)N2CC(F)CC2C(=O)Nc2nccc(-c3c[nH]c4cccc(F)c34)n2)c2ccc(-c3ccnnc3)cc12. The fourth-order valence-electron chi connectivity index (χ4n) is 5.76. The Balaban J connectivity index is 1.12. The Morgan fingerprint density at radius 1 is 1.07 bits per heavy atom. The largest absolute Gasteiger partial charge is 0.364 e. The van der Waals surface area contributed by atoms with Gasteiger partial charge in [0, 0.05) is 46.2 Å². The number of benzene rings is 2. The fraction of sp³-hybridized carbons (Fsp3) is 0.161. The second-order valence-corrected chi connectivity index (χ2v) is 10.7. The van der Waals surface area contributed by atoms with Crippen LogP contribution in [0.25, 0.3) is 44.2 Å². The number of nitrogens with zero attached hydrogens (tertiary/aromatic N) is 7. The van der Waals surface area contributed by atoms with Crippen LogP contribution in [0, 0.1) is 5.82 Å². The summed E-state index contributed by atoms with van der Waals surface area (Å²) in [4.78, 5) is 51.7. The lowest BCUT2D eigenvalue weighted by Gasteiger charge is -2.23. The molecule has 230 valence electrons. The van der Waals surface area contributed by atoms with Crippen molar-refractivity contribution in [3.63, 3.8) is 0 Å². The third-order valence-corrected chi connectivity index (χ3v) is 7.88. The van der Waals surface area contributed by atoms with Crippen molar-refractivity contribution in [2.75, 3.05) is 11.9 Å². The Hall–Kier alpha value is -6.12. The van der Waals surface area contributed by atoms with E-state index in [1.807, 2.05) is 0 Å². The third kappa shape index (κ3) is 5.16. The topological polar surface area (TPSA) is 178 Å². The highest BCUT2D eigenvalue weighted by Gasteiger charge is 2.40. The number of halogens is 2. The first-order valence-electron chi connectivity index (χ1n) is 14.2. The molecular weight excluding hydrogens is 598 g/mol. The standard InChI is InChI=1S/C31H24F2N10O3/c32-18-11-25(30(46)40-31-35-8-7-22(39-31)20-13-36-23-3-1-2-21(33)27(20)23)42(14-18)26(44)15-43-24-5-4-16(17-6-9-37-38-12-17)10-19(24)28(41-43)29(34)45/h1-10,12-13,18,25,36H,11,14-15H2,(H2,34,45)(H,35,39,40,46). The number of anilines is 1. The highest BCUT2D eigenvalue weighted by atomic mass is 19.1. The summed E-state index contributed by atoms with van der Waals surface area (Å²) in [6, 6.07) is 12.0. The summed E-state index contributed by atoms with van der Waals surface area (Å²) < 4.78 is 30.6. The van der Waals surface area contributed by atoms with E-state index in [4.69, 9.17) is 5.73 Å². The number of amides is 3. The van der Waals surface area contributed by atoms with Gasteiger partial charge in [-0.25, -0.2) is 18.7 Å². The molecule has 0 radical (unpaired) electrons. The van der Waals surface area contributed by atoms with E-state index in [0.29, 0.717) is 33.1 Å². The molecule has 0 aliphatic carbocycles. The first-order valence-corrected chi connectivity index (χ1v) is 14.2. The van der Waals surface area contributed by atoms with Crippen molar-refractivity contribution in [1.29, 1.82) is 0 Å². The molecule has 0 spiro atoms. The molecule has 4 aromatic heterocycles. The number of carbonyl (C=O) groups excluding carboxylic acids is 3. The number of carbonyl (C=O) groups is 3. The molecule has 1 saturated heterocycles. The van der Waals surface area contributed by atoms with Crippen LogP contribution in [0.15, 0.2) is 73.3 Å². The monoisotopic (exact) mass is 622 g/mol. The van der Waals surface area contributed by atoms with Gasteiger partial charge >= 0.3 is 0 Å². The Morgan fingerprint density at radius 3 is 2.74 bits per heavy atom. The third-order valence-electron chi connectivity index (χ3n) is 7.88. The van der Waals surface area contributed by atoms with E-state index in [2.05, 4.69) is 35.6 Å². The summed E-state index contributed by atoms with van der Waals surface area (Å²) in [5.74, 6) is -2.60. The molecule has 5 heterocycles. The van der Waals surface area contributed by atoms with Crippen LogP contribution in [-0.4, -0.2) is 76.3 Å². The predicted octanol–water partition coefficient (Wildman–Crippen LogP) is 3.25. The van der Waals surface area contributed by atoms with Crippen molar-refractivity contribution in [3.8, 4) is 22.4 Å². The van der Waals surface area contributed by atoms with Gasteiger partial charge in [0.05, 0.1) is 30.1 Å². The predicted molar refractivity (Wildman–Crippen MR) is 162 cm³/mol.